The Balaban J connectivity index is 1.56. The fourth-order valence-corrected chi connectivity index (χ4v) is 6.14. The second-order valence-electron chi connectivity index (χ2n) is 11.2. The first-order valence-electron chi connectivity index (χ1n) is 14.2. The van der Waals surface area contributed by atoms with E-state index in [0.717, 1.165) is 82.0 Å². The van der Waals surface area contributed by atoms with Crippen molar-refractivity contribution in [3.63, 3.8) is 0 Å². The summed E-state index contributed by atoms with van der Waals surface area (Å²) >= 11 is 0. The van der Waals surface area contributed by atoms with Gasteiger partial charge in [0.05, 0.1) is 34.5 Å². The van der Waals surface area contributed by atoms with Crippen molar-refractivity contribution in [2.75, 3.05) is 18.0 Å². The average molecular weight is 564 g/mol. The number of aromatic nitrogens is 5. The Kier molecular flexibility index (Phi) is 6.46. The molecule has 1 unspecified atom stereocenters. The smallest absolute Gasteiger partial charge is 0.143 e. The zero-order chi connectivity index (χ0) is 29.0. The molecule has 0 aliphatic carbocycles. The molecule has 0 radical (unpaired) electrons. The molecule has 0 amide bonds. The van der Waals surface area contributed by atoms with E-state index in [1.54, 1.807) is 6.20 Å². The van der Waals surface area contributed by atoms with E-state index in [4.69, 9.17) is 15.7 Å². The molecule has 3 N–H and O–H groups in total. The van der Waals surface area contributed by atoms with Gasteiger partial charge >= 0.3 is 0 Å². The van der Waals surface area contributed by atoms with E-state index in [1.165, 1.54) is 12.1 Å². The van der Waals surface area contributed by atoms with Gasteiger partial charge in [0, 0.05) is 60.3 Å². The molecule has 0 bridgehead atoms. The van der Waals surface area contributed by atoms with Crippen molar-refractivity contribution in [1.29, 1.82) is 0 Å². The van der Waals surface area contributed by atoms with Gasteiger partial charge in [-0.2, -0.15) is 5.10 Å². The van der Waals surface area contributed by atoms with E-state index >= 15 is 0 Å². The van der Waals surface area contributed by atoms with Gasteiger partial charge in [-0.25, -0.2) is 13.8 Å². The van der Waals surface area contributed by atoms with E-state index in [0.29, 0.717) is 11.1 Å². The SMILES string of the molecule is Cc1ccc(C(C)n2cc(-c3cccc4[nH]ncc34)c3c(N4CCC(N)CC4)c(-c4cc(F)cc(F)c4)cnc32)nc1. The molecule has 1 aliphatic heterocycles. The number of hydrogen-bond donors (Lipinski definition) is 2. The molecule has 6 aromatic rings. The number of hydrogen-bond acceptors (Lipinski definition) is 5. The highest BCUT2D eigenvalue weighted by molar-refractivity contribution is 6.11. The number of pyridine rings is 2. The van der Waals surface area contributed by atoms with Crippen molar-refractivity contribution < 1.29 is 8.78 Å². The number of nitrogens with one attached hydrogen (secondary N) is 1. The van der Waals surface area contributed by atoms with Gasteiger partial charge in [0.15, 0.2) is 0 Å². The monoisotopic (exact) mass is 563 g/mol. The fourth-order valence-electron chi connectivity index (χ4n) is 6.14. The Morgan fingerprint density at radius 2 is 1.71 bits per heavy atom. The highest BCUT2D eigenvalue weighted by atomic mass is 19.1. The molecule has 0 spiro atoms. The summed E-state index contributed by atoms with van der Waals surface area (Å²) in [5, 5.41) is 9.28. The predicted octanol–water partition coefficient (Wildman–Crippen LogP) is 6.77. The van der Waals surface area contributed by atoms with Gasteiger partial charge in [0.2, 0.25) is 0 Å². The number of aromatic amines is 1. The zero-order valence-electron chi connectivity index (χ0n) is 23.5. The van der Waals surface area contributed by atoms with Gasteiger partial charge in [-0.05, 0) is 67.6 Å². The molecule has 42 heavy (non-hydrogen) atoms. The van der Waals surface area contributed by atoms with E-state index in [2.05, 4.69) is 44.9 Å². The number of halogens is 2. The van der Waals surface area contributed by atoms with Gasteiger partial charge in [0.25, 0.3) is 0 Å². The minimum atomic E-state index is -0.628. The minimum absolute atomic E-state index is 0.116. The summed E-state index contributed by atoms with van der Waals surface area (Å²) in [4.78, 5) is 12.0. The van der Waals surface area contributed by atoms with Crippen molar-refractivity contribution in [3.05, 3.63) is 96.2 Å². The fraction of sp³-hybridized carbons (Fsp3) is 0.242. The molecule has 212 valence electrons. The summed E-state index contributed by atoms with van der Waals surface area (Å²) in [5.41, 5.74) is 14.0. The number of rotatable bonds is 5. The maximum Gasteiger partial charge on any atom is 0.143 e. The summed E-state index contributed by atoms with van der Waals surface area (Å²) in [6, 6.07) is 13.8. The third-order valence-corrected chi connectivity index (χ3v) is 8.40. The third kappa shape index (κ3) is 4.50. The quantitative estimate of drug-likeness (QED) is 0.242. The molecule has 1 fully saturated rings. The Morgan fingerprint density at radius 1 is 0.929 bits per heavy atom. The van der Waals surface area contributed by atoms with E-state index in [1.807, 2.05) is 37.5 Å². The molecule has 7 rings (SSSR count). The number of aryl methyl sites for hydroxylation is 1. The molecule has 5 heterocycles. The second-order valence-corrected chi connectivity index (χ2v) is 11.2. The first kappa shape index (κ1) is 26.3. The van der Waals surface area contributed by atoms with Crippen LogP contribution in [-0.4, -0.2) is 43.9 Å². The molecule has 1 aliphatic rings. The Bertz CT molecular complexity index is 1900. The molecular formula is C33H31F2N7. The van der Waals surface area contributed by atoms with Gasteiger partial charge in [0.1, 0.15) is 17.3 Å². The van der Waals surface area contributed by atoms with Crippen LogP contribution in [0.4, 0.5) is 14.5 Å². The normalized spacial score (nSPS) is 15.1. The molecule has 9 heteroatoms. The summed E-state index contributed by atoms with van der Waals surface area (Å²) in [6.45, 7) is 5.57. The zero-order valence-corrected chi connectivity index (χ0v) is 23.5. The molecule has 2 aromatic carbocycles. The summed E-state index contributed by atoms with van der Waals surface area (Å²) in [7, 11) is 0. The molecule has 7 nitrogen and oxygen atoms in total. The lowest BCUT2D eigenvalue weighted by molar-refractivity contribution is 0.502. The van der Waals surface area contributed by atoms with Crippen molar-refractivity contribution >= 4 is 27.6 Å². The lowest BCUT2D eigenvalue weighted by atomic mass is 9.95. The second kappa shape index (κ2) is 10.3. The van der Waals surface area contributed by atoms with Crippen LogP contribution in [-0.2, 0) is 0 Å². The molecule has 1 saturated heterocycles. The highest BCUT2D eigenvalue weighted by Gasteiger charge is 2.28. The van der Waals surface area contributed by atoms with Crippen LogP contribution in [0.15, 0.2) is 73.3 Å². The van der Waals surface area contributed by atoms with Crippen LogP contribution in [0, 0.1) is 18.6 Å². The van der Waals surface area contributed by atoms with Crippen LogP contribution < -0.4 is 10.6 Å². The average Bonchev–Trinajstić information content (AvgIpc) is 3.62. The number of nitrogens with two attached hydrogens (primary N) is 1. The Morgan fingerprint density at radius 3 is 2.45 bits per heavy atom. The predicted molar refractivity (Wildman–Crippen MR) is 162 cm³/mol. The summed E-state index contributed by atoms with van der Waals surface area (Å²) < 4.78 is 31.2. The van der Waals surface area contributed by atoms with Crippen LogP contribution in [0.25, 0.3) is 44.2 Å². The standard InChI is InChI=1S/C33H31F2N7/c1-19-6-7-29(37-15-19)20(2)42-18-28(25-4-3-5-30-27(25)17-39-40-30)31-32(41-10-8-24(36)9-11-41)26(16-38-33(31)42)21-12-22(34)14-23(35)13-21/h3-7,12-18,20,24H,8-11,36H2,1-2H3,(H,39,40). The van der Waals surface area contributed by atoms with Gasteiger partial charge in [-0.1, -0.05) is 18.2 Å². The highest BCUT2D eigenvalue weighted by Crippen LogP contribution is 2.45. The summed E-state index contributed by atoms with van der Waals surface area (Å²) in [5.74, 6) is -1.26. The first-order chi connectivity index (χ1) is 20.4. The van der Waals surface area contributed by atoms with E-state index in [-0.39, 0.29) is 12.1 Å². The number of benzene rings is 2. The number of piperidine rings is 1. The van der Waals surface area contributed by atoms with Gasteiger partial charge < -0.3 is 15.2 Å². The largest absolute Gasteiger partial charge is 0.370 e. The van der Waals surface area contributed by atoms with Crippen molar-refractivity contribution in [2.24, 2.45) is 5.73 Å². The van der Waals surface area contributed by atoms with Crippen molar-refractivity contribution in [2.45, 2.75) is 38.8 Å². The lowest BCUT2D eigenvalue weighted by Crippen LogP contribution is -2.40. The molecular weight excluding hydrogens is 532 g/mol. The first-order valence-corrected chi connectivity index (χ1v) is 14.2. The Hall–Kier alpha value is -4.63. The molecule has 0 saturated carbocycles. The minimum Gasteiger partial charge on any atom is -0.370 e. The molecule has 4 aromatic heterocycles. The van der Waals surface area contributed by atoms with E-state index in [9.17, 15) is 8.78 Å². The van der Waals surface area contributed by atoms with Gasteiger partial charge in [-0.3, -0.25) is 10.1 Å². The van der Waals surface area contributed by atoms with Crippen LogP contribution in [0.2, 0.25) is 0 Å². The van der Waals surface area contributed by atoms with Crippen LogP contribution in [0.5, 0.6) is 0 Å². The number of anilines is 1. The third-order valence-electron chi connectivity index (χ3n) is 8.40. The number of nitrogens with zero attached hydrogens (tertiary/aromatic N) is 5. The maximum absolute atomic E-state index is 14.5. The van der Waals surface area contributed by atoms with Crippen molar-refractivity contribution in [1.82, 2.24) is 24.7 Å². The van der Waals surface area contributed by atoms with Crippen LogP contribution in [0.3, 0.4) is 0 Å². The van der Waals surface area contributed by atoms with E-state index < -0.39 is 11.6 Å². The Labute approximate surface area is 242 Å². The van der Waals surface area contributed by atoms with Crippen LogP contribution in [0.1, 0.15) is 37.1 Å². The summed E-state index contributed by atoms with van der Waals surface area (Å²) in [6.07, 6.45) is 9.21. The number of fused-ring (bicyclic) bond motifs is 2. The number of H-pyrrole nitrogens is 1. The lowest BCUT2D eigenvalue weighted by Gasteiger charge is -2.34. The van der Waals surface area contributed by atoms with Crippen molar-refractivity contribution in [3.8, 4) is 22.3 Å². The van der Waals surface area contributed by atoms with Crippen LogP contribution >= 0.6 is 0 Å². The topological polar surface area (TPSA) is 88.7 Å². The van der Waals surface area contributed by atoms with Gasteiger partial charge in [-0.15, -0.1) is 0 Å². The molecule has 1 atom stereocenters. The maximum atomic E-state index is 14.5.